The van der Waals surface area contributed by atoms with Gasteiger partial charge >= 0.3 is 5.69 Å². The molecule has 27 heavy (non-hydrogen) atoms. The second-order valence-corrected chi connectivity index (χ2v) is 6.37. The number of methoxy groups -OCH3 is 1. The predicted molar refractivity (Wildman–Crippen MR) is 99.9 cm³/mol. The summed E-state index contributed by atoms with van der Waals surface area (Å²) in [6, 6.07) is 9.39. The Labute approximate surface area is 156 Å². The molecule has 10 heteroatoms. The van der Waals surface area contributed by atoms with Gasteiger partial charge in [-0.3, -0.25) is 14.9 Å². The van der Waals surface area contributed by atoms with E-state index in [9.17, 15) is 25.1 Å². The second kappa shape index (κ2) is 7.30. The van der Waals surface area contributed by atoms with Crippen LogP contribution in [-0.4, -0.2) is 34.4 Å². The molecule has 0 radical (unpaired) electrons. The summed E-state index contributed by atoms with van der Waals surface area (Å²) in [6.07, 6.45) is 1.05. The Balaban J connectivity index is 1.84. The van der Waals surface area contributed by atoms with Crippen molar-refractivity contribution in [2.45, 2.75) is 0 Å². The number of aromatic hydroxyl groups is 2. The Morgan fingerprint density at radius 3 is 2.70 bits per heavy atom. The number of phenolic OH excluding ortho intramolecular Hbond substituents is 1. The average molecular weight is 387 g/mol. The Kier molecular flexibility index (Phi) is 4.90. The van der Waals surface area contributed by atoms with Crippen LogP contribution in [0.2, 0.25) is 0 Å². The van der Waals surface area contributed by atoms with Gasteiger partial charge in [0.25, 0.3) is 5.91 Å². The van der Waals surface area contributed by atoms with Gasteiger partial charge < -0.3 is 14.9 Å². The summed E-state index contributed by atoms with van der Waals surface area (Å²) >= 11 is 1.10. The van der Waals surface area contributed by atoms with Crippen LogP contribution >= 0.6 is 11.3 Å². The summed E-state index contributed by atoms with van der Waals surface area (Å²) in [5, 5.41) is 35.3. The van der Waals surface area contributed by atoms with E-state index in [1.165, 1.54) is 13.2 Å². The number of benzene rings is 2. The number of hydrogen-bond donors (Lipinski definition) is 3. The van der Waals surface area contributed by atoms with Crippen LogP contribution < -0.4 is 10.2 Å². The first-order valence-corrected chi connectivity index (χ1v) is 8.33. The number of thiophene rings is 1. The van der Waals surface area contributed by atoms with Gasteiger partial charge in [-0.1, -0.05) is 12.1 Å². The largest absolute Gasteiger partial charge is 0.506 e. The highest BCUT2D eigenvalue weighted by Crippen LogP contribution is 2.36. The van der Waals surface area contributed by atoms with E-state index in [4.69, 9.17) is 4.74 Å². The van der Waals surface area contributed by atoms with Gasteiger partial charge in [0.1, 0.15) is 16.4 Å². The fourth-order valence-corrected chi connectivity index (χ4v) is 3.35. The molecule has 9 nitrogen and oxygen atoms in total. The number of nitrogens with one attached hydrogen (secondary N) is 1. The highest BCUT2D eigenvalue weighted by molar-refractivity contribution is 7.21. The lowest BCUT2D eigenvalue weighted by Crippen LogP contribution is -2.16. The van der Waals surface area contributed by atoms with Crippen molar-refractivity contribution in [1.29, 1.82) is 0 Å². The third-order valence-electron chi connectivity index (χ3n) is 3.67. The molecule has 1 aromatic heterocycles. The first-order valence-electron chi connectivity index (χ1n) is 7.51. The second-order valence-electron chi connectivity index (χ2n) is 5.32. The van der Waals surface area contributed by atoms with Crippen molar-refractivity contribution < 1.29 is 24.7 Å². The van der Waals surface area contributed by atoms with Crippen LogP contribution in [0.3, 0.4) is 0 Å². The molecule has 0 spiro atoms. The number of phenols is 1. The molecule has 138 valence electrons. The van der Waals surface area contributed by atoms with Crippen molar-refractivity contribution in [3.8, 4) is 17.2 Å². The monoisotopic (exact) mass is 387 g/mol. The van der Waals surface area contributed by atoms with Crippen LogP contribution in [0.5, 0.6) is 17.2 Å². The van der Waals surface area contributed by atoms with Crippen molar-refractivity contribution in [2.75, 3.05) is 7.11 Å². The molecule has 0 aliphatic rings. The number of nitro benzene ring substituents is 1. The van der Waals surface area contributed by atoms with Gasteiger partial charge in [-0.2, -0.15) is 5.10 Å². The lowest BCUT2D eigenvalue weighted by molar-refractivity contribution is -0.385. The Morgan fingerprint density at radius 1 is 1.30 bits per heavy atom. The van der Waals surface area contributed by atoms with E-state index in [0.717, 1.165) is 28.3 Å². The van der Waals surface area contributed by atoms with Gasteiger partial charge in [-0.25, -0.2) is 5.43 Å². The summed E-state index contributed by atoms with van der Waals surface area (Å²) in [4.78, 5) is 22.5. The van der Waals surface area contributed by atoms with E-state index >= 15 is 0 Å². The first kappa shape index (κ1) is 18.1. The van der Waals surface area contributed by atoms with Crippen molar-refractivity contribution in [3.05, 3.63) is 57.0 Å². The zero-order valence-corrected chi connectivity index (χ0v) is 14.7. The standard InChI is InChI=1S/C17H13N3O6S/c1-26-10-6-9(14(21)12(7-10)20(24)25)8-18-19-17(23)16-15(22)11-4-2-3-5-13(11)27-16/h2-8,21-22H,1H3,(H,19,23)/b18-8+. The third-order valence-corrected chi connectivity index (χ3v) is 4.83. The molecule has 0 aliphatic heterocycles. The molecule has 3 rings (SSSR count). The normalized spacial score (nSPS) is 11.0. The number of amides is 1. The summed E-state index contributed by atoms with van der Waals surface area (Å²) in [5.41, 5.74) is 1.66. The summed E-state index contributed by atoms with van der Waals surface area (Å²) in [5.74, 6) is -1.26. The molecule has 0 aliphatic carbocycles. The van der Waals surface area contributed by atoms with E-state index in [2.05, 4.69) is 10.5 Å². The third kappa shape index (κ3) is 3.51. The quantitative estimate of drug-likeness (QED) is 0.350. The Bertz CT molecular complexity index is 1080. The summed E-state index contributed by atoms with van der Waals surface area (Å²) in [6.45, 7) is 0. The van der Waals surface area contributed by atoms with E-state index in [1.807, 2.05) is 0 Å². The van der Waals surface area contributed by atoms with Crippen molar-refractivity contribution >= 4 is 39.2 Å². The molecular formula is C17H13N3O6S. The van der Waals surface area contributed by atoms with Crippen molar-refractivity contribution in [1.82, 2.24) is 5.43 Å². The molecule has 0 saturated heterocycles. The number of carbonyl (C=O) groups excluding carboxylic acids is 1. The molecule has 0 bridgehead atoms. The fraction of sp³-hybridized carbons (Fsp3) is 0.0588. The smallest absolute Gasteiger partial charge is 0.315 e. The fourth-order valence-electron chi connectivity index (χ4n) is 2.37. The minimum atomic E-state index is -0.761. The molecule has 3 N–H and O–H groups in total. The number of rotatable bonds is 5. The molecule has 1 heterocycles. The van der Waals surface area contributed by atoms with Crippen LogP contribution in [0.15, 0.2) is 41.5 Å². The molecule has 2 aromatic carbocycles. The number of ether oxygens (including phenoxy) is 1. The molecule has 3 aromatic rings. The number of nitro groups is 1. The number of fused-ring (bicyclic) bond motifs is 1. The predicted octanol–water partition coefficient (Wildman–Crippen LogP) is 2.99. The van der Waals surface area contributed by atoms with Crippen LogP contribution in [0.1, 0.15) is 15.2 Å². The number of carbonyl (C=O) groups is 1. The molecule has 0 saturated carbocycles. The molecule has 0 unspecified atom stereocenters. The van der Waals surface area contributed by atoms with Crippen LogP contribution in [0.4, 0.5) is 5.69 Å². The Morgan fingerprint density at radius 2 is 2.04 bits per heavy atom. The minimum Gasteiger partial charge on any atom is -0.506 e. The SMILES string of the molecule is COc1cc(/C=N/NC(=O)c2sc3ccccc3c2O)c(O)c([N+](=O)[O-])c1. The summed E-state index contributed by atoms with van der Waals surface area (Å²) < 4.78 is 5.69. The highest BCUT2D eigenvalue weighted by Gasteiger charge is 2.20. The van der Waals surface area contributed by atoms with Gasteiger partial charge in [0.2, 0.25) is 5.75 Å². The zero-order valence-electron chi connectivity index (χ0n) is 13.9. The van der Waals surface area contributed by atoms with E-state index in [1.54, 1.807) is 24.3 Å². The van der Waals surface area contributed by atoms with E-state index in [0.29, 0.717) is 5.39 Å². The van der Waals surface area contributed by atoms with Crippen molar-refractivity contribution in [3.63, 3.8) is 0 Å². The number of nitrogens with zero attached hydrogens (tertiary/aromatic N) is 2. The molecular weight excluding hydrogens is 374 g/mol. The van der Waals surface area contributed by atoms with Crippen LogP contribution in [0, 0.1) is 10.1 Å². The maximum Gasteiger partial charge on any atom is 0.315 e. The topological polar surface area (TPSA) is 134 Å². The lowest BCUT2D eigenvalue weighted by atomic mass is 10.1. The average Bonchev–Trinajstić information content (AvgIpc) is 3.00. The van der Waals surface area contributed by atoms with E-state index in [-0.39, 0.29) is 21.9 Å². The molecule has 0 atom stereocenters. The minimum absolute atomic E-state index is 0.0121. The van der Waals surface area contributed by atoms with Crippen LogP contribution in [-0.2, 0) is 0 Å². The van der Waals surface area contributed by atoms with Gasteiger partial charge in [-0.05, 0) is 18.2 Å². The first-order chi connectivity index (χ1) is 12.9. The van der Waals surface area contributed by atoms with Gasteiger partial charge in [-0.15, -0.1) is 11.3 Å². The zero-order chi connectivity index (χ0) is 19.6. The Hall–Kier alpha value is -3.66. The highest BCUT2D eigenvalue weighted by atomic mass is 32.1. The van der Waals surface area contributed by atoms with E-state index < -0.39 is 22.3 Å². The van der Waals surface area contributed by atoms with Crippen molar-refractivity contribution in [2.24, 2.45) is 5.10 Å². The molecule has 0 fully saturated rings. The number of hydrogen-bond acceptors (Lipinski definition) is 8. The summed E-state index contributed by atoms with van der Waals surface area (Å²) in [7, 11) is 1.32. The van der Waals surface area contributed by atoms with Crippen LogP contribution in [0.25, 0.3) is 10.1 Å². The molecule has 1 amide bonds. The van der Waals surface area contributed by atoms with Gasteiger partial charge in [0.05, 0.1) is 24.3 Å². The lowest BCUT2D eigenvalue weighted by Gasteiger charge is -2.04. The van der Waals surface area contributed by atoms with Gasteiger partial charge in [0.15, 0.2) is 0 Å². The number of hydrazone groups is 1. The maximum atomic E-state index is 12.2. The van der Waals surface area contributed by atoms with Gasteiger partial charge in [0, 0.05) is 15.6 Å². The maximum absolute atomic E-state index is 12.2.